The molecule has 3 nitrogen and oxygen atoms in total. The molecule has 100 valence electrons. The lowest BCUT2D eigenvalue weighted by Gasteiger charge is -2.11. The fourth-order valence-corrected chi connectivity index (χ4v) is 2.79. The molecule has 0 amide bonds. The van der Waals surface area contributed by atoms with Crippen molar-refractivity contribution >= 4 is 33.5 Å². The highest BCUT2D eigenvalue weighted by Crippen LogP contribution is 2.18. The van der Waals surface area contributed by atoms with Gasteiger partial charge >= 0.3 is 0 Å². The number of hydrogen-bond acceptors (Lipinski definition) is 2. The van der Waals surface area contributed by atoms with Gasteiger partial charge < -0.3 is 0 Å². The number of aryl methyl sites for hydroxylation is 1. The second kappa shape index (κ2) is 4.97. The number of aromatic nitrogens is 2. The van der Waals surface area contributed by atoms with Gasteiger partial charge in [0.05, 0.1) is 11.1 Å². The fraction of sp³-hybridized carbons (Fsp3) is 0.0667. The smallest absolute Gasteiger partial charge is 0.266 e. The number of hydrogen-bond donors (Lipinski definition) is 0. The van der Waals surface area contributed by atoms with E-state index in [9.17, 15) is 9.18 Å². The van der Waals surface area contributed by atoms with Crippen LogP contribution in [0.3, 0.4) is 0 Å². The van der Waals surface area contributed by atoms with E-state index in [4.69, 9.17) is 0 Å². The molecule has 0 radical (unpaired) electrons. The van der Waals surface area contributed by atoms with Gasteiger partial charge in [-0.1, -0.05) is 18.2 Å². The summed E-state index contributed by atoms with van der Waals surface area (Å²) in [5.41, 5.74) is 0.597. The van der Waals surface area contributed by atoms with E-state index in [1.54, 1.807) is 13.0 Å². The Morgan fingerprint density at radius 3 is 2.60 bits per heavy atom. The van der Waals surface area contributed by atoms with Crippen LogP contribution in [0.1, 0.15) is 5.82 Å². The second-order valence-electron chi connectivity index (χ2n) is 4.42. The third kappa shape index (κ3) is 2.11. The molecule has 0 saturated carbocycles. The van der Waals surface area contributed by atoms with Crippen molar-refractivity contribution in [2.24, 2.45) is 0 Å². The maximum Gasteiger partial charge on any atom is 0.266 e. The topological polar surface area (TPSA) is 34.9 Å². The molecule has 0 aliphatic carbocycles. The van der Waals surface area contributed by atoms with Crippen LogP contribution in [-0.2, 0) is 0 Å². The first-order valence-corrected chi connectivity index (χ1v) is 7.09. The van der Waals surface area contributed by atoms with Gasteiger partial charge in [0.25, 0.3) is 5.56 Å². The summed E-state index contributed by atoms with van der Waals surface area (Å²) in [5, 5.41) is 0.295. The van der Waals surface area contributed by atoms with Crippen LogP contribution in [0.2, 0.25) is 0 Å². The number of rotatable bonds is 1. The van der Waals surface area contributed by atoms with Crippen LogP contribution in [-0.4, -0.2) is 9.55 Å². The molecule has 20 heavy (non-hydrogen) atoms. The zero-order valence-corrected chi connectivity index (χ0v) is 12.8. The van der Waals surface area contributed by atoms with Crippen molar-refractivity contribution in [3.05, 3.63) is 68.0 Å². The van der Waals surface area contributed by atoms with Gasteiger partial charge in [-0.15, -0.1) is 0 Å². The highest BCUT2D eigenvalue weighted by atomic mass is 127. The molecule has 0 aliphatic rings. The molecule has 1 aromatic heterocycles. The summed E-state index contributed by atoms with van der Waals surface area (Å²) in [6.07, 6.45) is 0. The summed E-state index contributed by atoms with van der Waals surface area (Å²) >= 11 is 1.99. The van der Waals surface area contributed by atoms with Crippen molar-refractivity contribution < 1.29 is 4.39 Å². The Labute approximate surface area is 128 Å². The largest absolute Gasteiger partial charge is 0.268 e. The van der Waals surface area contributed by atoms with Crippen LogP contribution in [0.25, 0.3) is 16.6 Å². The molecule has 0 fully saturated rings. The van der Waals surface area contributed by atoms with E-state index in [0.717, 1.165) is 5.69 Å². The van der Waals surface area contributed by atoms with Crippen LogP contribution >= 0.6 is 22.6 Å². The number of nitrogens with zero attached hydrogens (tertiary/aromatic N) is 2. The Hall–Kier alpha value is -1.76. The number of para-hydroxylation sites is 1. The lowest BCUT2D eigenvalue weighted by molar-refractivity contribution is 0.634. The molecular formula is C15H10FIN2O. The van der Waals surface area contributed by atoms with Crippen molar-refractivity contribution in [1.29, 1.82) is 0 Å². The van der Waals surface area contributed by atoms with Gasteiger partial charge in [0, 0.05) is 3.57 Å². The molecule has 3 aromatic rings. The highest BCUT2D eigenvalue weighted by molar-refractivity contribution is 14.1. The summed E-state index contributed by atoms with van der Waals surface area (Å²) in [4.78, 5) is 16.8. The molecular weight excluding hydrogens is 370 g/mol. The molecule has 0 bridgehead atoms. The third-order valence-electron chi connectivity index (χ3n) is 3.07. The van der Waals surface area contributed by atoms with Gasteiger partial charge in [0.2, 0.25) is 0 Å². The standard InChI is InChI=1S/C15H10FIN2O/c1-9-18-14-12(7-10(17)8-13(14)16)15(20)19(9)11-5-3-2-4-6-11/h2-8H,1H3. The Kier molecular flexibility index (Phi) is 3.29. The molecule has 2 aromatic carbocycles. The maximum atomic E-state index is 13.9. The number of fused-ring (bicyclic) bond motifs is 1. The average Bonchev–Trinajstić information content (AvgIpc) is 2.42. The van der Waals surface area contributed by atoms with Gasteiger partial charge in [0.15, 0.2) is 5.82 Å². The van der Waals surface area contributed by atoms with Crippen LogP contribution in [0.15, 0.2) is 47.3 Å². The quantitative estimate of drug-likeness (QED) is 0.607. The van der Waals surface area contributed by atoms with Gasteiger partial charge in [-0.2, -0.15) is 0 Å². The van der Waals surface area contributed by atoms with Gasteiger partial charge in [-0.3, -0.25) is 9.36 Å². The Balaban J connectivity index is 2.44. The third-order valence-corrected chi connectivity index (χ3v) is 3.70. The zero-order chi connectivity index (χ0) is 14.3. The van der Waals surface area contributed by atoms with Crippen LogP contribution in [0.4, 0.5) is 4.39 Å². The van der Waals surface area contributed by atoms with Crippen molar-refractivity contribution in [2.45, 2.75) is 6.92 Å². The van der Waals surface area contributed by atoms with Crippen molar-refractivity contribution in [2.75, 3.05) is 0 Å². The Morgan fingerprint density at radius 2 is 1.90 bits per heavy atom. The Morgan fingerprint density at radius 1 is 1.20 bits per heavy atom. The molecule has 0 atom stereocenters. The van der Waals surface area contributed by atoms with Crippen molar-refractivity contribution in [1.82, 2.24) is 9.55 Å². The normalized spacial score (nSPS) is 10.9. The van der Waals surface area contributed by atoms with E-state index in [2.05, 4.69) is 4.98 Å². The molecule has 1 heterocycles. The van der Waals surface area contributed by atoms with Crippen molar-refractivity contribution in [3.8, 4) is 5.69 Å². The average molecular weight is 380 g/mol. The predicted octanol–water partition coefficient (Wildman–Crippen LogP) is 3.44. The van der Waals surface area contributed by atoms with Gasteiger partial charge in [-0.05, 0) is 53.8 Å². The minimum atomic E-state index is -0.465. The monoisotopic (exact) mass is 380 g/mol. The molecule has 0 spiro atoms. The summed E-state index contributed by atoms with van der Waals surface area (Å²) in [7, 11) is 0. The number of benzene rings is 2. The molecule has 0 aliphatic heterocycles. The van der Waals surface area contributed by atoms with Crippen LogP contribution < -0.4 is 5.56 Å². The van der Waals surface area contributed by atoms with Crippen LogP contribution in [0, 0.1) is 16.3 Å². The van der Waals surface area contributed by atoms with E-state index in [1.807, 2.05) is 52.9 Å². The zero-order valence-electron chi connectivity index (χ0n) is 10.6. The summed E-state index contributed by atoms with van der Waals surface area (Å²) in [5.74, 6) is 0.00104. The maximum absolute atomic E-state index is 13.9. The van der Waals surface area contributed by atoms with Crippen LogP contribution in [0.5, 0.6) is 0 Å². The summed E-state index contributed by atoms with van der Waals surface area (Å²) < 4.78 is 16.1. The minimum Gasteiger partial charge on any atom is -0.268 e. The summed E-state index contributed by atoms with van der Waals surface area (Å²) in [6, 6.07) is 12.3. The Bertz CT molecular complexity index is 859. The first-order chi connectivity index (χ1) is 9.58. The van der Waals surface area contributed by atoms with Gasteiger partial charge in [-0.25, -0.2) is 9.37 Å². The molecule has 0 N–H and O–H groups in total. The minimum absolute atomic E-state index is 0.125. The fourth-order valence-electron chi connectivity index (χ4n) is 2.20. The van der Waals surface area contributed by atoms with Crippen molar-refractivity contribution in [3.63, 3.8) is 0 Å². The lowest BCUT2D eigenvalue weighted by atomic mass is 10.2. The molecule has 5 heteroatoms. The SMILES string of the molecule is Cc1nc2c(F)cc(I)cc2c(=O)n1-c1ccccc1. The van der Waals surface area contributed by atoms with Gasteiger partial charge in [0.1, 0.15) is 11.3 Å². The van der Waals surface area contributed by atoms with E-state index < -0.39 is 5.82 Å². The first kappa shape index (κ1) is 13.2. The van der Waals surface area contributed by atoms with E-state index in [1.165, 1.54) is 10.6 Å². The second-order valence-corrected chi connectivity index (χ2v) is 5.66. The molecule has 0 saturated heterocycles. The van der Waals surface area contributed by atoms with E-state index in [-0.39, 0.29) is 11.1 Å². The highest BCUT2D eigenvalue weighted by Gasteiger charge is 2.13. The first-order valence-electron chi connectivity index (χ1n) is 6.02. The molecule has 0 unspecified atom stereocenters. The summed E-state index contributed by atoms with van der Waals surface area (Å²) in [6.45, 7) is 1.70. The lowest BCUT2D eigenvalue weighted by Crippen LogP contribution is -2.22. The predicted molar refractivity (Wildman–Crippen MR) is 84.8 cm³/mol. The molecule has 3 rings (SSSR count). The number of halogens is 2. The van der Waals surface area contributed by atoms with E-state index >= 15 is 0 Å². The van der Waals surface area contributed by atoms with E-state index in [0.29, 0.717) is 14.8 Å².